The number of benzene rings is 1. The molecule has 0 saturated carbocycles. The molecule has 0 saturated heterocycles. The predicted octanol–water partition coefficient (Wildman–Crippen LogP) is 3.88. The zero-order chi connectivity index (χ0) is 17.9. The molecule has 6 heteroatoms. The lowest BCUT2D eigenvalue weighted by atomic mass is 10.1. The van der Waals surface area contributed by atoms with Gasteiger partial charge in [-0.3, -0.25) is 4.99 Å². The van der Waals surface area contributed by atoms with Crippen LogP contribution >= 0.6 is 24.0 Å². The van der Waals surface area contributed by atoms with Gasteiger partial charge in [0.15, 0.2) is 5.96 Å². The molecule has 0 aliphatic carbocycles. The van der Waals surface area contributed by atoms with E-state index in [-0.39, 0.29) is 24.0 Å². The molecule has 0 atom stereocenters. The second-order valence-electron chi connectivity index (χ2n) is 6.33. The summed E-state index contributed by atoms with van der Waals surface area (Å²) in [5, 5.41) is 6.78. The van der Waals surface area contributed by atoms with Crippen LogP contribution in [0.15, 0.2) is 52.1 Å². The van der Waals surface area contributed by atoms with E-state index < -0.39 is 0 Å². The summed E-state index contributed by atoms with van der Waals surface area (Å²) in [6.07, 6.45) is 3.42. The molecule has 0 spiro atoms. The Balaban J connectivity index is 0.00000338. The Kier molecular flexibility index (Phi) is 10.8. The summed E-state index contributed by atoms with van der Waals surface area (Å²) in [4.78, 5) is 4.65. The first-order chi connectivity index (χ1) is 12.2. The van der Waals surface area contributed by atoms with Gasteiger partial charge in [0.1, 0.15) is 11.5 Å². The fourth-order valence-electron chi connectivity index (χ4n) is 2.43. The number of aliphatic imine (C=N–C) groups is 1. The standard InChI is InChI=1S/C20H29N3O2.HI/c1-16(2)15-23-20(22-13-11-18-8-6-14-25-18)21-12-10-17-7-4-5-9-19(17)24-3;/h4-9,14,16H,10-13,15H2,1-3H3,(H2,21,22,23);1H. The molecule has 144 valence electrons. The van der Waals surface area contributed by atoms with Crippen LogP contribution in [0, 0.1) is 5.92 Å². The van der Waals surface area contributed by atoms with Crippen molar-refractivity contribution in [3.8, 4) is 5.75 Å². The molecule has 0 fully saturated rings. The summed E-state index contributed by atoms with van der Waals surface area (Å²) in [7, 11) is 1.71. The van der Waals surface area contributed by atoms with Crippen LogP contribution in [0.1, 0.15) is 25.2 Å². The smallest absolute Gasteiger partial charge is 0.191 e. The summed E-state index contributed by atoms with van der Waals surface area (Å²) in [6.45, 7) is 6.71. The molecule has 0 aliphatic rings. The lowest BCUT2D eigenvalue weighted by Gasteiger charge is -2.14. The lowest BCUT2D eigenvalue weighted by Crippen LogP contribution is -2.39. The minimum Gasteiger partial charge on any atom is -0.496 e. The molecule has 0 unspecified atom stereocenters. The number of rotatable bonds is 9. The minimum absolute atomic E-state index is 0. The highest BCUT2D eigenvalue weighted by Gasteiger charge is 2.04. The highest BCUT2D eigenvalue weighted by atomic mass is 127. The van der Waals surface area contributed by atoms with Gasteiger partial charge in [0.2, 0.25) is 0 Å². The van der Waals surface area contributed by atoms with Gasteiger partial charge in [0, 0.05) is 26.1 Å². The molecule has 0 amide bonds. The van der Waals surface area contributed by atoms with Crippen LogP contribution < -0.4 is 15.4 Å². The maximum atomic E-state index is 5.40. The van der Waals surface area contributed by atoms with E-state index in [2.05, 4.69) is 35.5 Å². The quantitative estimate of drug-likeness (QED) is 0.331. The zero-order valence-electron chi connectivity index (χ0n) is 15.8. The number of furan rings is 1. The van der Waals surface area contributed by atoms with Crippen LogP contribution in [-0.2, 0) is 12.8 Å². The average Bonchev–Trinajstić information content (AvgIpc) is 3.13. The van der Waals surface area contributed by atoms with Gasteiger partial charge in [0.25, 0.3) is 0 Å². The first kappa shape index (κ1) is 22.3. The van der Waals surface area contributed by atoms with Crippen LogP contribution in [-0.4, -0.2) is 32.7 Å². The van der Waals surface area contributed by atoms with Gasteiger partial charge in [-0.05, 0) is 36.1 Å². The van der Waals surface area contributed by atoms with Crippen molar-refractivity contribution in [2.45, 2.75) is 26.7 Å². The Labute approximate surface area is 173 Å². The van der Waals surface area contributed by atoms with E-state index in [4.69, 9.17) is 9.15 Å². The number of methoxy groups -OCH3 is 1. The Morgan fingerprint density at radius 2 is 1.81 bits per heavy atom. The number of ether oxygens (including phenoxy) is 1. The minimum atomic E-state index is 0. The fourth-order valence-corrected chi connectivity index (χ4v) is 2.43. The van der Waals surface area contributed by atoms with Gasteiger partial charge in [-0.1, -0.05) is 32.0 Å². The van der Waals surface area contributed by atoms with Gasteiger partial charge in [-0.2, -0.15) is 0 Å². The third kappa shape index (κ3) is 8.12. The Bertz CT molecular complexity index is 642. The van der Waals surface area contributed by atoms with Crippen molar-refractivity contribution in [3.05, 3.63) is 54.0 Å². The van der Waals surface area contributed by atoms with Crippen molar-refractivity contribution in [3.63, 3.8) is 0 Å². The normalized spacial score (nSPS) is 11.2. The maximum absolute atomic E-state index is 5.40. The zero-order valence-corrected chi connectivity index (χ0v) is 18.2. The highest BCUT2D eigenvalue weighted by molar-refractivity contribution is 14.0. The second-order valence-corrected chi connectivity index (χ2v) is 6.33. The van der Waals surface area contributed by atoms with Gasteiger partial charge < -0.3 is 19.8 Å². The number of nitrogens with one attached hydrogen (secondary N) is 2. The van der Waals surface area contributed by atoms with Gasteiger partial charge >= 0.3 is 0 Å². The fraction of sp³-hybridized carbons (Fsp3) is 0.450. The molecule has 0 bridgehead atoms. The van der Waals surface area contributed by atoms with Crippen LogP contribution in [0.25, 0.3) is 0 Å². The van der Waals surface area contributed by atoms with E-state index in [0.717, 1.165) is 49.9 Å². The van der Waals surface area contributed by atoms with Gasteiger partial charge in [-0.15, -0.1) is 24.0 Å². The summed E-state index contributed by atoms with van der Waals surface area (Å²) in [5.74, 6) is 3.27. The van der Waals surface area contributed by atoms with Crippen LogP contribution in [0.5, 0.6) is 5.75 Å². The SMILES string of the molecule is COc1ccccc1CCNC(=NCC(C)C)NCCc1ccco1.I. The van der Waals surface area contributed by atoms with E-state index in [1.165, 1.54) is 5.56 Å². The first-order valence-corrected chi connectivity index (χ1v) is 8.85. The number of hydrogen-bond donors (Lipinski definition) is 2. The van der Waals surface area contributed by atoms with E-state index in [0.29, 0.717) is 5.92 Å². The number of halogens is 1. The Hall–Kier alpha value is -1.70. The summed E-state index contributed by atoms with van der Waals surface area (Å²) in [5.41, 5.74) is 1.19. The van der Waals surface area contributed by atoms with Gasteiger partial charge in [-0.25, -0.2) is 0 Å². The monoisotopic (exact) mass is 471 g/mol. The number of guanidine groups is 1. The van der Waals surface area contributed by atoms with Gasteiger partial charge in [0.05, 0.1) is 13.4 Å². The van der Waals surface area contributed by atoms with Crippen molar-refractivity contribution >= 4 is 29.9 Å². The summed E-state index contributed by atoms with van der Waals surface area (Å²) in [6, 6.07) is 12.0. The predicted molar refractivity (Wildman–Crippen MR) is 118 cm³/mol. The van der Waals surface area contributed by atoms with Crippen LogP contribution in [0.3, 0.4) is 0 Å². The molecule has 1 aromatic carbocycles. The number of para-hydroxylation sites is 1. The van der Waals surface area contributed by atoms with E-state index in [1.807, 2.05) is 30.3 Å². The van der Waals surface area contributed by atoms with Crippen LogP contribution in [0.2, 0.25) is 0 Å². The van der Waals surface area contributed by atoms with Crippen molar-refractivity contribution in [1.29, 1.82) is 0 Å². The lowest BCUT2D eigenvalue weighted by molar-refractivity contribution is 0.409. The molecule has 2 aromatic rings. The highest BCUT2D eigenvalue weighted by Crippen LogP contribution is 2.17. The largest absolute Gasteiger partial charge is 0.496 e. The average molecular weight is 471 g/mol. The van der Waals surface area contributed by atoms with Crippen molar-refractivity contribution in [2.75, 3.05) is 26.7 Å². The third-order valence-electron chi connectivity index (χ3n) is 3.74. The molecule has 1 heterocycles. The van der Waals surface area contributed by atoms with E-state index >= 15 is 0 Å². The maximum Gasteiger partial charge on any atom is 0.191 e. The summed E-state index contributed by atoms with van der Waals surface area (Å²) < 4.78 is 10.8. The third-order valence-corrected chi connectivity index (χ3v) is 3.74. The van der Waals surface area contributed by atoms with E-state index in [9.17, 15) is 0 Å². The molecule has 2 rings (SSSR count). The Morgan fingerprint density at radius 3 is 2.46 bits per heavy atom. The van der Waals surface area contributed by atoms with Crippen molar-refractivity contribution < 1.29 is 9.15 Å². The molecular weight excluding hydrogens is 441 g/mol. The molecule has 5 nitrogen and oxygen atoms in total. The van der Waals surface area contributed by atoms with Crippen molar-refractivity contribution in [1.82, 2.24) is 10.6 Å². The first-order valence-electron chi connectivity index (χ1n) is 8.85. The molecule has 0 aliphatic heterocycles. The second kappa shape index (κ2) is 12.6. The van der Waals surface area contributed by atoms with Crippen LogP contribution in [0.4, 0.5) is 0 Å². The topological polar surface area (TPSA) is 58.8 Å². The number of hydrogen-bond acceptors (Lipinski definition) is 3. The molecule has 2 N–H and O–H groups in total. The molecular formula is C20H30IN3O2. The number of nitrogens with zero attached hydrogens (tertiary/aromatic N) is 1. The molecule has 1 aromatic heterocycles. The van der Waals surface area contributed by atoms with Crippen molar-refractivity contribution in [2.24, 2.45) is 10.9 Å². The van der Waals surface area contributed by atoms with E-state index in [1.54, 1.807) is 13.4 Å². The molecule has 0 radical (unpaired) electrons. The summed E-state index contributed by atoms with van der Waals surface area (Å²) >= 11 is 0. The molecule has 26 heavy (non-hydrogen) atoms. The Morgan fingerprint density at radius 1 is 1.08 bits per heavy atom.